The van der Waals surface area contributed by atoms with Gasteiger partial charge in [0.1, 0.15) is 5.75 Å². The predicted octanol–water partition coefficient (Wildman–Crippen LogP) is 3.29. The fourth-order valence-electron chi connectivity index (χ4n) is 2.43. The summed E-state index contributed by atoms with van der Waals surface area (Å²) in [6.07, 6.45) is 4.68. The Hall–Kier alpha value is -1.87. The lowest BCUT2D eigenvalue weighted by Gasteiger charge is -2.19. The minimum atomic E-state index is 0.300. The van der Waals surface area contributed by atoms with E-state index in [2.05, 4.69) is 42.3 Å². The number of rotatable bonds is 6. The van der Waals surface area contributed by atoms with E-state index in [0.29, 0.717) is 6.04 Å². The molecule has 0 saturated heterocycles. The maximum Gasteiger partial charge on any atom is 0.121 e. The Morgan fingerprint density at radius 3 is 2.75 bits per heavy atom. The van der Waals surface area contributed by atoms with Crippen LogP contribution >= 0.6 is 0 Å². The van der Waals surface area contributed by atoms with Crippen LogP contribution in [0.2, 0.25) is 0 Å². The summed E-state index contributed by atoms with van der Waals surface area (Å²) in [6.45, 7) is 5.15. The van der Waals surface area contributed by atoms with E-state index < -0.39 is 0 Å². The summed E-state index contributed by atoms with van der Waals surface area (Å²) in [4.78, 5) is 4.19. The monoisotopic (exact) mass is 270 g/mol. The first kappa shape index (κ1) is 14.5. The van der Waals surface area contributed by atoms with Crippen LogP contribution in [0.4, 0.5) is 0 Å². The largest absolute Gasteiger partial charge is 0.496 e. The van der Waals surface area contributed by atoms with Gasteiger partial charge < -0.3 is 10.1 Å². The van der Waals surface area contributed by atoms with Gasteiger partial charge in [0.25, 0.3) is 0 Å². The molecule has 0 radical (unpaired) electrons. The standard InChI is InChI=1S/C17H22N2O/c1-4-19-16(11-14-6-5-9-18-12-14)15-7-8-17(20-3)13(2)10-15/h5-10,12,16,19H,4,11H2,1-3H3. The van der Waals surface area contributed by atoms with Gasteiger partial charge in [0, 0.05) is 18.4 Å². The summed E-state index contributed by atoms with van der Waals surface area (Å²) in [5.74, 6) is 0.936. The van der Waals surface area contributed by atoms with Crippen LogP contribution in [0.15, 0.2) is 42.7 Å². The lowest BCUT2D eigenvalue weighted by molar-refractivity contribution is 0.411. The number of aromatic nitrogens is 1. The zero-order chi connectivity index (χ0) is 14.4. The number of methoxy groups -OCH3 is 1. The first-order valence-electron chi connectivity index (χ1n) is 7.01. The second-order valence-corrected chi connectivity index (χ2v) is 4.90. The van der Waals surface area contributed by atoms with Crippen molar-refractivity contribution >= 4 is 0 Å². The SMILES string of the molecule is CCNC(Cc1cccnc1)c1ccc(OC)c(C)c1. The Balaban J connectivity index is 2.22. The molecular formula is C17H22N2O. The highest BCUT2D eigenvalue weighted by Crippen LogP contribution is 2.24. The number of ether oxygens (including phenoxy) is 1. The van der Waals surface area contributed by atoms with E-state index in [4.69, 9.17) is 4.74 Å². The maximum atomic E-state index is 5.33. The summed E-state index contributed by atoms with van der Waals surface area (Å²) in [5.41, 5.74) is 3.69. The third-order valence-electron chi connectivity index (χ3n) is 3.43. The van der Waals surface area contributed by atoms with E-state index in [1.807, 2.05) is 24.5 Å². The van der Waals surface area contributed by atoms with Crippen LogP contribution in [-0.4, -0.2) is 18.6 Å². The van der Waals surface area contributed by atoms with Gasteiger partial charge in [-0.25, -0.2) is 0 Å². The van der Waals surface area contributed by atoms with Gasteiger partial charge in [0.15, 0.2) is 0 Å². The minimum absolute atomic E-state index is 0.300. The molecule has 3 heteroatoms. The van der Waals surface area contributed by atoms with Crippen LogP contribution in [0.3, 0.4) is 0 Å². The zero-order valence-corrected chi connectivity index (χ0v) is 12.4. The van der Waals surface area contributed by atoms with Crippen molar-refractivity contribution in [3.05, 3.63) is 59.4 Å². The molecular weight excluding hydrogens is 248 g/mol. The lowest BCUT2D eigenvalue weighted by atomic mass is 9.98. The molecule has 0 amide bonds. The quantitative estimate of drug-likeness (QED) is 0.874. The lowest BCUT2D eigenvalue weighted by Crippen LogP contribution is -2.23. The van der Waals surface area contributed by atoms with Crippen molar-refractivity contribution in [1.82, 2.24) is 10.3 Å². The fourth-order valence-corrected chi connectivity index (χ4v) is 2.43. The van der Waals surface area contributed by atoms with Gasteiger partial charge in [-0.3, -0.25) is 4.98 Å². The molecule has 2 rings (SSSR count). The number of hydrogen-bond donors (Lipinski definition) is 1. The molecule has 0 fully saturated rings. The second kappa shape index (κ2) is 7.06. The molecule has 0 aliphatic carbocycles. The first-order chi connectivity index (χ1) is 9.74. The molecule has 1 aromatic carbocycles. The van der Waals surface area contributed by atoms with Crippen molar-refractivity contribution in [2.75, 3.05) is 13.7 Å². The van der Waals surface area contributed by atoms with E-state index in [1.54, 1.807) is 7.11 Å². The minimum Gasteiger partial charge on any atom is -0.496 e. The van der Waals surface area contributed by atoms with Crippen LogP contribution in [0.25, 0.3) is 0 Å². The van der Waals surface area contributed by atoms with E-state index in [-0.39, 0.29) is 0 Å². The molecule has 0 aliphatic rings. The maximum absolute atomic E-state index is 5.33. The van der Waals surface area contributed by atoms with Gasteiger partial charge in [-0.15, -0.1) is 0 Å². The molecule has 1 unspecified atom stereocenters. The molecule has 106 valence electrons. The number of nitrogens with one attached hydrogen (secondary N) is 1. The van der Waals surface area contributed by atoms with Gasteiger partial charge in [0.05, 0.1) is 7.11 Å². The highest BCUT2D eigenvalue weighted by molar-refractivity contribution is 5.37. The number of benzene rings is 1. The van der Waals surface area contributed by atoms with Gasteiger partial charge in [-0.2, -0.15) is 0 Å². The van der Waals surface area contributed by atoms with E-state index in [9.17, 15) is 0 Å². The third kappa shape index (κ3) is 3.58. The second-order valence-electron chi connectivity index (χ2n) is 4.90. The number of likely N-dealkylation sites (N-methyl/N-ethyl adjacent to an activating group) is 1. The summed E-state index contributed by atoms with van der Waals surface area (Å²) < 4.78 is 5.33. The molecule has 2 aromatic rings. The molecule has 20 heavy (non-hydrogen) atoms. The molecule has 0 bridgehead atoms. The van der Waals surface area contributed by atoms with Crippen molar-refractivity contribution in [2.45, 2.75) is 26.3 Å². The number of hydrogen-bond acceptors (Lipinski definition) is 3. The molecule has 1 atom stereocenters. The Morgan fingerprint density at radius 2 is 2.15 bits per heavy atom. The molecule has 1 aromatic heterocycles. The highest BCUT2D eigenvalue weighted by Gasteiger charge is 2.12. The molecule has 3 nitrogen and oxygen atoms in total. The predicted molar refractivity (Wildman–Crippen MR) is 82.1 cm³/mol. The summed E-state index contributed by atoms with van der Waals surface area (Å²) >= 11 is 0. The van der Waals surface area contributed by atoms with Crippen LogP contribution < -0.4 is 10.1 Å². The van der Waals surface area contributed by atoms with Crippen molar-refractivity contribution < 1.29 is 4.74 Å². The Kier molecular flexibility index (Phi) is 5.13. The molecule has 0 aliphatic heterocycles. The van der Waals surface area contributed by atoms with Crippen LogP contribution in [0.1, 0.15) is 29.7 Å². The van der Waals surface area contributed by atoms with Gasteiger partial charge >= 0.3 is 0 Å². The molecule has 0 spiro atoms. The molecule has 1 heterocycles. The normalized spacial score (nSPS) is 12.2. The van der Waals surface area contributed by atoms with Crippen LogP contribution in [-0.2, 0) is 6.42 Å². The Morgan fingerprint density at radius 1 is 1.30 bits per heavy atom. The Bertz CT molecular complexity index is 540. The van der Waals surface area contributed by atoms with Crippen molar-refractivity contribution in [3.63, 3.8) is 0 Å². The summed E-state index contributed by atoms with van der Waals surface area (Å²) in [7, 11) is 1.71. The van der Waals surface area contributed by atoms with Crippen LogP contribution in [0, 0.1) is 6.92 Å². The number of pyridine rings is 1. The van der Waals surface area contributed by atoms with Crippen molar-refractivity contribution in [1.29, 1.82) is 0 Å². The summed E-state index contributed by atoms with van der Waals surface area (Å²) in [6, 6.07) is 10.8. The van der Waals surface area contributed by atoms with Gasteiger partial charge in [0.2, 0.25) is 0 Å². The molecule has 0 saturated carbocycles. The number of nitrogens with zero attached hydrogens (tertiary/aromatic N) is 1. The van der Waals surface area contributed by atoms with Crippen molar-refractivity contribution in [2.24, 2.45) is 0 Å². The highest BCUT2D eigenvalue weighted by atomic mass is 16.5. The summed E-state index contributed by atoms with van der Waals surface area (Å²) in [5, 5.41) is 3.54. The van der Waals surface area contributed by atoms with Gasteiger partial charge in [-0.1, -0.05) is 25.1 Å². The smallest absolute Gasteiger partial charge is 0.121 e. The number of aryl methyl sites for hydroxylation is 1. The average Bonchev–Trinajstić information content (AvgIpc) is 2.48. The zero-order valence-electron chi connectivity index (χ0n) is 12.4. The molecule has 1 N–H and O–H groups in total. The van der Waals surface area contributed by atoms with Crippen LogP contribution in [0.5, 0.6) is 5.75 Å². The first-order valence-corrected chi connectivity index (χ1v) is 7.01. The topological polar surface area (TPSA) is 34.2 Å². The fraction of sp³-hybridized carbons (Fsp3) is 0.353. The van der Waals surface area contributed by atoms with Gasteiger partial charge in [-0.05, 0) is 48.7 Å². The third-order valence-corrected chi connectivity index (χ3v) is 3.43. The van der Waals surface area contributed by atoms with Crippen molar-refractivity contribution in [3.8, 4) is 5.75 Å². The average molecular weight is 270 g/mol. The van der Waals surface area contributed by atoms with E-state index in [1.165, 1.54) is 16.7 Å². The Labute approximate surface area is 121 Å². The van der Waals surface area contributed by atoms with E-state index in [0.717, 1.165) is 18.7 Å². The van der Waals surface area contributed by atoms with E-state index >= 15 is 0 Å².